The molecule has 0 bridgehead atoms. The third kappa shape index (κ3) is 2.28. The standard InChI is InChI=1S/C4H5BrF4O2/c5-4(8,9)3(6,7)2(11)1-10/h2,10-11H,1H2. The van der Waals surface area contributed by atoms with Crippen molar-refractivity contribution in [2.75, 3.05) is 6.61 Å². The van der Waals surface area contributed by atoms with Crippen LogP contribution in [0.25, 0.3) is 0 Å². The van der Waals surface area contributed by atoms with E-state index < -0.39 is 23.5 Å². The number of alkyl halides is 5. The molecule has 68 valence electrons. The first-order valence-corrected chi connectivity index (χ1v) is 3.26. The molecule has 11 heavy (non-hydrogen) atoms. The van der Waals surface area contributed by atoms with Crippen LogP contribution < -0.4 is 0 Å². The molecule has 0 saturated heterocycles. The monoisotopic (exact) mass is 240 g/mol. The zero-order valence-electron chi connectivity index (χ0n) is 5.07. The quantitative estimate of drug-likeness (QED) is 0.570. The summed E-state index contributed by atoms with van der Waals surface area (Å²) in [6, 6.07) is 0. The summed E-state index contributed by atoms with van der Waals surface area (Å²) in [5, 5.41) is 16.2. The molecule has 1 unspecified atom stereocenters. The number of halogens is 5. The Balaban J connectivity index is 4.45. The van der Waals surface area contributed by atoms with Gasteiger partial charge >= 0.3 is 10.8 Å². The molecule has 2 N–H and O–H groups in total. The molecule has 0 radical (unpaired) electrons. The third-order valence-electron chi connectivity index (χ3n) is 0.969. The summed E-state index contributed by atoms with van der Waals surface area (Å²) in [6.07, 6.45) is -2.77. The lowest BCUT2D eigenvalue weighted by molar-refractivity contribution is -0.213. The topological polar surface area (TPSA) is 40.5 Å². The van der Waals surface area contributed by atoms with Crippen molar-refractivity contribution in [3.63, 3.8) is 0 Å². The SMILES string of the molecule is OCC(O)C(F)(F)C(F)(F)Br. The fourth-order valence-corrected chi connectivity index (χ4v) is 0.568. The molecule has 0 aromatic carbocycles. The Kier molecular flexibility index (Phi) is 3.27. The Morgan fingerprint density at radius 3 is 1.73 bits per heavy atom. The van der Waals surface area contributed by atoms with E-state index in [0.29, 0.717) is 0 Å². The highest BCUT2D eigenvalue weighted by Gasteiger charge is 2.59. The lowest BCUT2D eigenvalue weighted by Gasteiger charge is -2.24. The van der Waals surface area contributed by atoms with Crippen LogP contribution in [0, 0.1) is 0 Å². The van der Waals surface area contributed by atoms with Crippen LogP contribution in [0.15, 0.2) is 0 Å². The zero-order chi connectivity index (χ0) is 9.28. The first-order valence-electron chi connectivity index (χ1n) is 2.47. The van der Waals surface area contributed by atoms with Crippen LogP contribution in [-0.4, -0.2) is 33.7 Å². The van der Waals surface area contributed by atoms with Gasteiger partial charge in [0.2, 0.25) is 0 Å². The van der Waals surface area contributed by atoms with Crippen LogP contribution in [0.3, 0.4) is 0 Å². The maximum atomic E-state index is 12.1. The Hall–Kier alpha value is 0.120. The van der Waals surface area contributed by atoms with Gasteiger partial charge < -0.3 is 10.2 Å². The van der Waals surface area contributed by atoms with Crippen LogP contribution in [0.2, 0.25) is 0 Å². The van der Waals surface area contributed by atoms with Crippen molar-refractivity contribution in [1.29, 1.82) is 0 Å². The molecular weight excluding hydrogens is 236 g/mol. The zero-order valence-corrected chi connectivity index (χ0v) is 6.65. The summed E-state index contributed by atoms with van der Waals surface area (Å²) in [4.78, 5) is -4.51. The maximum absolute atomic E-state index is 12.1. The highest BCUT2D eigenvalue weighted by molar-refractivity contribution is 9.10. The lowest BCUT2D eigenvalue weighted by Crippen LogP contribution is -2.47. The molecule has 0 aromatic rings. The first-order chi connectivity index (χ1) is 4.73. The molecule has 0 saturated carbocycles. The molecule has 0 aliphatic carbocycles. The maximum Gasteiger partial charge on any atom is 0.366 e. The van der Waals surface area contributed by atoms with Crippen molar-refractivity contribution in [3.05, 3.63) is 0 Å². The Morgan fingerprint density at radius 1 is 1.27 bits per heavy atom. The minimum Gasteiger partial charge on any atom is -0.393 e. The van der Waals surface area contributed by atoms with Crippen LogP contribution in [0.5, 0.6) is 0 Å². The van der Waals surface area contributed by atoms with E-state index in [9.17, 15) is 17.6 Å². The fourth-order valence-electron chi connectivity index (χ4n) is 0.304. The Labute approximate surface area is 68.0 Å². The molecule has 0 rings (SSSR count). The molecule has 0 amide bonds. The summed E-state index contributed by atoms with van der Waals surface area (Å²) in [5.41, 5.74) is 0. The van der Waals surface area contributed by atoms with Gasteiger partial charge in [-0.25, -0.2) is 0 Å². The van der Waals surface area contributed by atoms with Crippen molar-refractivity contribution in [2.45, 2.75) is 16.9 Å². The fraction of sp³-hybridized carbons (Fsp3) is 1.00. The van der Waals surface area contributed by atoms with Crippen molar-refractivity contribution in [1.82, 2.24) is 0 Å². The summed E-state index contributed by atoms with van der Waals surface area (Å²) in [5.74, 6) is -4.66. The molecule has 0 fully saturated rings. The summed E-state index contributed by atoms with van der Waals surface area (Å²) < 4.78 is 47.9. The van der Waals surface area contributed by atoms with Crippen molar-refractivity contribution in [2.24, 2.45) is 0 Å². The molecular formula is C4H5BrF4O2. The Bertz CT molecular complexity index is 135. The molecule has 0 aliphatic heterocycles. The number of hydrogen-bond donors (Lipinski definition) is 2. The van der Waals surface area contributed by atoms with Crippen molar-refractivity contribution < 1.29 is 27.8 Å². The van der Waals surface area contributed by atoms with Gasteiger partial charge in [-0.3, -0.25) is 0 Å². The van der Waals surface area contributed by atoms with E-state index in [1.54, 1.807) is 0 Å². The van der Waals surface area contributed by atoms with Gasteiger partial charge in [0, 0.05) is 0 Å². The molecule has 0 heterocycles. The first kappa shape index (κ1) is 11.1. The van der Waals surface area contributed by atoms with Crippen LogP contribution in [0.1, 0.15) is 0 Å². The van der Waals surface area contributed by atoms with E-state index in [2.05, 4.69) is 0 Å². The van der Waals surface area contributed by atoms with Crippen LogP contribution in [0.4, 0.5) is 17.6 Å². The van der Waals surface area contributed by atoms with Crippen molar-refractivity contribution >= 4 is 15.9 Å². The van der Waals surface area contributed by atoms with Gasteiger partial charge in [0.05, 0.1) is 6.61 Å². The molecule has 0 aromatic heterocycles. The largest absolute Gasteiger partial charge is 0.393 e. The number of hydrogen-bond acceptors (Lipinski definition) is 2. The van der Waals surface area contributed by atoms with E-state index in [4.69, 9.17) is 10.2 Å². The predicted octanol–water partition coefficient (Wildman–Crippen LogP) is 0.963. The summed E-state index contributed by atoms with van der Waals surface area (Å²) >= 11 is 1.39. The van der Waals surface area contributed by atoms with Crippen molar-refractivity contribution in [3.8, 4) is 0 Å². The molecule has 2 nitrogen and oxygen atoms in total. The summed E-state index contributed by atoms with van der Waals surface area (Å²) in [7, 11) is 0. The highest BCUT2D eigenvalue weighted by atomic mass is 79.9. The number of rotatable bonds is 3. The van der Waals surface area contributed by atoms with Gasteiger partial charge in [-0.15, -0.1) is 0 Å². The van der Waals surface area contributed by atoms with E-state index in [1.165, 1.54) is 15.9 Å². The summed E-state index contributed by atoms with van der Waals surface area (Å²) in [6.45, 7) is -1.42. The van der Waals surface area contributed by atoms with E-state index in [-0.39, 0.29) is 0 Å². The average Bonchev–Trinajstić information content (AvgIpc) is 1.83. The van der Waals surface area contributed by atoms with E-state index in [0.717, 1.165) is 0 Å². The minimum absolute atomic E-state index is 1.39. The number of aliphatic hydroxyl groups excluding tert-OH is 2. The van der Waals surface area contributed by atoms with Gasteiger partial charge in [0.15, 0.2) is 0 Å². The van der Waals surface area contributed by atoms with Crippen LogP contribution >= 0.6 is 15.9 Å². The van der Waals surface area contributed by atoms with E-state index >= 15 is 0 Å². The van der Waals surface area contributed by atoms with Gasteiger partial charge in [0.1, 0.15) is 6.10 Å². The second-order valence-electron chi connectivity index (χ2n) is 1.82. The van der Waals surface area contributed by atoms with Gasteiger partial charge in [0.25, 0.3) is 0 Å². The molecule has 1 atom stereocenters. The predicted molar refractivity (Wildman–Crippen MR) is 31.9 cm³/mol. The second kappa shape index (κ2) is 3.24. The minimum atomic E-state index is -4.66. The van der Waals surface area contributed by atoms with Gasteiger partial charge in [-0.05, 0) is 15.9 Å². The third-order valence-corrected chi connectivity index (χ3v) is 1.50. The average molecular weight is 241 g/mol. The lowest BCUT2D eigenvalue weighted by atomic mass is 10.2. The van der Waals surface area contributed by atoms with Gasteiger partial charge in [-0.2, -0.15) is 17.6 Å². The second-order valence-corrected chi connectivity index (χ2v) is 2.82. The van der Waals surface area contributed by atoms with E-state index in [1.807, 2.05) is 0 Å². The number of aliphatic hydroxyl groups is 2. The molecule has 0 spiro atoms. The van der Waals surface area contributed by atoms with Gasteiger partial charge in [-0.1, -0.05) is 0 Å². The van der Waals surface area contributed by atoms with Crippen LogP contribution in [-0.2, 0) is 0 Å². The molecule has 7 heteroatoms. The normalized spacial score (nSPS) is 16.6. The smallest absolute Gasteiger partial charge is 0.366 e. The highest BCUT2D eigenvalue weighted by Crippen LogP contribution is 2.41. The Morgan fingerprint density at radius 2 is 1.64 bits per heavy atom. The molecule has 0 aliphatic rings.